The van der Waals surface area contributed by atoms with E-state index in [1.165, 1.54) is 40.6 Å². The Kier molecular flexibility index (Phi) is 5.83. The molecule has 0 amide bonds. The second-order valence-electron chi connectivity index (χ2n) is 7.22. The van der Waals surface area contributed by atoms with E-state index in [1.807, 2.05) is 18.2 Å². The molecule has 0 spiro atoms. The van der Waals surface area contributed by atoms with E-state index in [2.05, 4.69) is 33.8 Å². The first kappa shape index (κ1) is 20.8. The van der Waals surface area contributed by atoms with Gasteiger partial charge in [0.15, 0.2) is 0 Å². The fourth-order valence-electron chi connectivity index (χ4n) is 3.85. The summed E-state index contributed by atoms with van der Waals surface area (Å²) in [6.45, 7) is 0.613. The van der Waals surface area contributed by atoms with E-state index in [0.717, 1.165) is 22.5 Å². The van der Waals surface area contributed by atoms with Crippen molar-refractivity contribution in [3.8, 4) is 22.5 Å². The van der Waals surface area contributed by atoms with Gasteiger partial charge in [0.1, 0.15) is 11.6 Å². The highest BCUT2D eigenvalue weighted by Crippen LogP contribution is 2.32. The first-order valence-electron chi connectivity index (χ1n) is 9.73. The van der Waals surface area contributed by atoms with Crippen molar-refractivity contribution in [1.29, 1.82) is 0 Å². The van der Waals surface area contributed by atoms with Gasteiger partial charge in [-0.2, -0.15) is 0 Å². The minimum absolute atomic E-state index is 0. The summed E-state index contributed by atoms with van der Waals surface area (Å²) in [7, 11) is 0. The Labute approximate surface area is 185 Å². The van der Waals surface area contributed by atoms with Crippen LogP contribution in [0, 0.1) is 11.6 Å². The molecule has 0 fully saturated rings. The number of hydrogen-bond donors (Lipinski definition) is 0. The van der Waals surface area contributed by atoms with Gasteiger partial charge in [-0.15, -0.1) is 12.4 Å². The lowest BCUT2D eigenvalue weighted by Crippen LogP contribution is -2.02. The zero-order chi connectivity index (χ0) is 20.5. The Bertz CT molecular complexity index is 1320. The molecule has 31 heavy (non-hydrogen) atoms. The van der Waals surface area contributed by atoms with Crippen molar-refractivity contribution in [2.45, 2.75) is 6.54 Å². The third-order valence-electron chi connectivity index (χ3n) is 5.29. The van der Waals surface area contributed by atoms with E-state index in [1.54, 1.807) is 30.6 Å². The molecule has 0 N–H and O–H groups in total. The van der Waals surface area contributed by atoms with Gasteiger partial charge < -0.3 is 4.57 Å². The van der Waals surface area contributed by atoms with Gasteiger partial charge in [0.25, 0.3) is 0 Å². The van der Waals surface area contributed by atoms with Crippen LogP contribution in [-0.2, 0) is 6.54 Å². The molecular formula is C26H19ClF2N2. The second kappa shape index (κ2) is 8.70. The molecular weight excluding hydrogens is 414 g/mol. The molecule has 4 aromatic carbocycles. The van der Waals surface area contributed by atoms with Crippen LogP contribution in [0.4, 0.5) is 8.78 Å². The quantitative estimate of drug-likeness (QED) is 0.295. The Morgan fingerprint density at radius 1 is 0.677 bits per heavy atom. The molecule has 0 saturated heterocycles. The van der Waals surface area contributed by atoms with E-state index >= 15 is 0 Å². The Morgan fingerprint density at radius 2 is 1.29 bits per heavy atom. The van der Waals surface area contributed by atoms with Crippen LogP contribution in [0.5, 0.6) is 0 Å². The summed E-state index contributed by atoms with van der Waals surface area (Å²) in [6, 6.07) is 27.2. The minimum atomic E-state index is -0.294. The van der Waals surface area contributed by atoms with Crippen LogP contribution < -0.4 is 0 Å². The molecule has 0 unspecified atom stereocenters. The summed E-state index contributed by atoms with van der Waals surface area (Å²) in [4.78, 5) is 4.64. The van der Waals surface area contributed by atoms with Crippen molar-refractivity contribution >= 4 is 23.2 Å². The van der Waals surface area contributed by atoms with Crippen molar-refractivity contribution in [2.24, 2.45) is 0 Å². The molecule has 1 aromatic heterocycles. The first-order chi connectivity index (χ1) is 14.7. The maximum Gasteiger partial charge on any atom is 0.123 e. The first-order valence-corrected chi connectivity index (χ1v) is 9.73. The average Bonchev–Trinajstić information content (AvgIpc) is 3.18. The number of halogens is 3. The molecule has 0 atom stereocenters. The van der Waals surface area contributed by atoms with Gasteiger partial charge in [-0.3, -0.25) is 0 Å². The molecule has 0 aliphatic carbocycles. The molecule has 5 aromatic rings. The number of benzene rings is 4. The molecule has 2 nitrogen and oxygen atoms in total. The fourth-order valence-corrected chi connectivity index (χ4v) is 3.85. The summed E-state index contributed by atoms with van der Waals surface area (Å²) >= 11 is 0. The normalized spacial score (nSPS) is 10.8. The van der Waals surface area contributed by atoms with E-state index in [0.29, 0.717) is 6.54 Å². The lowest BCUT2D eigenvalue weighted by Gasteiger charge is -2.13. The van der Waals surface area contributed by atoms with E-state index < -0.39 is 0 Å². The van der Waals surface area contributed by atoms with Crippen molar-refractivity contribution in [3.05, 3.63) is 115 Å². The van der Waals surface area contributed by atoms with Crippen LogP contribution in [0.3, 0.4) is 0 Å². The molecule has 0 saturated carbocycles. The number of hydrogen-bond acceptors (Lipinski definition) is 1. The number of nitrogens with zero attached hydrogens (tertiary/aromatic N) is 2. The Hall–Kier alpha value is -3.50. The van der Waals surface area contributed by atoms with Crippen molar-refractivity contribution < 1.29 is 8.78 Å². The van der Waals surface area contributed by atoms with Gasteiger partial charge in [-0.05, 0) is 64.9 Å². The number of imidazole rings is 1. The third kappa shape index (κ3) is 4.07. The Morgan fingerprint density at radius 3 is 2.00 bits per heavy atom. The predicted molar refractivity (Wildman–Crippen MR) is 123 cm³/mol. The smallest absolute Gasteiger partial charge is 0.123 e. The highest BCUT2D eigenvalue weighted by molar-refractivity contribution is 5.86. The van der Waals surface area contributed by atoms with Crippen LogP contribution in [-0.4, -0.2) is 9.55 Å². The maximum absolute atomic E-state index is 13.6. The third-order valence-corrected chi connectivity index (χ3v) is 5.29. The summed E-state index contributed by atoms with van der Waals surface area (Å²) in [5.74, 6) is -0.584. The standard InChI is InChI=1S/C26H18F2N2.ClH/c27-22-12-8-19(9-13-22)25-26(20-10-14-23(28)15-11-20)30(17-29-25)16-21-6-3-5-18-4-1-2-7-24(18)21;/h1-15,17H,16H2;1H. The van der Waals surface area contributed by atoms with Gasteiger partial charge in [-0.25, -0.2) is 13.8 Å². The summed E-state index contributed by atoms with van der Waals surface area (Å²) in [6.07, 6.45) is 1.79. The second-order valence-corrected chi connectivity index (χ2v) is 7.22. The molecule has 5 heteroatoms. The monoisotopic (exact) mass is 432 g/mol. The van der Waals surface area contributed by atoms with Crippen LogP contribution in [0.25, 0.3) is 33.3 Å². The SMILES string of the molecule is Cl.Fc1ccc(-c2ncn(Cc3cccc4ccccc34)c2-c2ccc(F)cc2)cc1. The van der Waals surface area contributed by atoms with Crippen molar-refractivity contribution in [1.82, 2.24) is 9.55 Å². The number of aromatic nitrogens is 2. The Balaban J connectivity index is 0.00000231. The molecule has 0 bridgehead atoms. The fraction of sp³-hybridized carbons (Fsp3) is 0.0385. The zero-order valence-corrected chi connectivity index (χ0v) is 17.3. The van der Waals surface area contributed by atoms with Gasteiger partial charge in [0, 0.05) is 17.7 Å². The predicted octanol–water partition coefficient (Wildman–Crippen LogP) is 7.12. The molecule has 5 rings (SSSR count). The molecule has 0 aliphatic heterocycles. The number of rotatable bonds is 4. The largest absolute Gasteiger partial charge is 0.326 e. The highest BCUT2D eigenvalue weighted by Gasteiger charge is 2.16. The molecule has 154 valence electrons. The maximum atomic E-state index is 13.6. The van der Waals surface area contributed by atoms with Gasteiger partial charge >= 0.3 is 0 Å². The van der Waals surface area contributed by atoms with E-state index in [4.69, 9.17) is 0 Å². The molecule has 0 radical (unpaired) electrons. The molecule has 0 aliphatic rings. The highest BCUT2D eigenvalue weighted by atomic mass is 35.5. The minimum Gasteiger partial charge on any atom is -0.326 e. The van der Waals surface area contributed by atoms with Crippen LogP contribution in [0.2, 0.25) is 0 Å². The van der Waals surface area contributed by atoms with Gasteiger partial charge in [0.2, 0.25) is 0 Å². The van der Waals surface area contributed by atoms with Crippen molar-refractivity contribution in [2.75, 3.05) is 0 Å². The van der Waals surface area contributed by atoms with E-state index in [9.17, 15) is 8.78 Å². The number of fused-ring (bicyclic) bond motifs is 1. The zero-order valence-electron chi connectivity index (χ0n) is 16.5. The summed E-state index contributed by atoms with van der Waals surface area (Å²) < 4.78 is 29.1. The van der Waals surface area contributed by atoms with Crippen LogP contribution in [0.15, 0.2) is 97.3 Å². The topological polar surface area (TPSA) is 17.8 Å². The van der Waals surface area contributed by atoms with Crippen LogP contribution >= 0.6 is 12.4 Å². The lowest BCUT2D eigenvalue weighted by atomic mass is 10.0. The lowest BCUT2D eigenvalue weighted by molar-refractivity contribution is 0.627. The van der Waals surface area contributed by atoms with Crippen molar-refractivity contribution in [3.63, 3.8) is 0 Å². The molecule has 1 heterocycles. The average molecular weight is 433 g/mol. The summed E-state index contributed by atoms with van der Waals surface area (Å²) in [5.41, 5.74) is 4.44. The van der Waals surface area contributed by atoms with Crippen LogP contribution in [0.1, 0.15) is 5.56 Å². The summed E-state index contributed by atoms with van der Waals surface area (Å²) in [5, 5.41) is 2.36. The van der Waals surface area contributed by atoms with Gasteiger partial charge in [-0.1, -0.05) is 42.5 Å². The van der Waals surface area contributed by atoms with E-state index in [-0.39, 0.29) is 24.0 Å². The van der Waals surface area contributed by atoms with Gasteiger partial charge in [0.05, 0.1) is 17.7 Å².